The fourth-order valence-corrected chi connectivity index (χ4v) is 1.66. The van der Waals surface area contributed by atoms with Gasteiger partial charge in [-0.15, -0.1) is 0 Å². The summed E-state index contributed by atoms with van der Waals surface area (Å²) in [5.74, 6) is -2.79. The summed E-state index contributed by atoms with van der Waals surface area (Å²) in [5.41, 5.74) is 5.73. The Kier molecular flexibility index (Phi) is 5.29. The van der Waals surface area contributed by atoms with Crippen LogP contribution < -0.4 is 5.73 Å². The summed E-state index contributed by atoms with van der Waals surface area (Å²) in [5, 5.41) is 7.07. The van der Waals surface area contributed by atoms with Crippen LogP contribution in [0, 0.1) is 11.3 Å². The Morgan fingerprint density at radius 1 is 1.47 bits per heavy atom. The first-order valence-corrected chi connectivity index (χ1v) is 5.87. The zero-order valence-corrected chi connectivity index (χ0v) is 10.6. The molecule has 1 aromatic heterocycles. The van der Waals surface area contributed by atoms with E-state index in [1.165, 1.54) is 0 Å². The van der Waals surface area contributed by atoms with Crippen molar-refractivity contribution in [2.24, 2.45) is 11.7 Å². The largest absolute Gasteiger partial charge is 0.399 e. The van der Waals surface area contributed by atoms with E-state index >= 15 is 0 Å². The quantitative estimate of drug-likeness (QED) is 0.616. The number of amidine groups is 1. The van der Waals surface area contributed by atoms with Crippen molar-refractivity contribution >= 4 is 5.84 Å². The Hall–Kier alpha value is -1.63. The number of rotatable bonds is 6. The number of pyridine rings is 1. The Labute approximate surface area is 109 Å². The van der Waals surface area contributed by atoms with Crippen molar-refractivity contribution in [1.29, 1.82) is 5.41 Å². The molecule has 4 nitrogen and oxygen atoms in total. The van der Waals surface area contributed by atoms with Gasteiger partial charge in [0.05, 0.1) is 5.69 Å². The van der Waals surface area contributed by atoms with Gasteiger partial charge in [-0.25, -0.2) is 0 Å². The molecular weight excluding hydrogens is 257 g/mol. The first-order chi connectivity index (χ1) is 8.84. The molecule has 19 heavy (non-hydrogen) atoms. The highest BCUT2D eigenvalue weighted by Crippen LogP contribution is 2.27. The molecule has 0 aliphatic carbocycles. The lowest BCUT2D eigenvalue weighted by molar-refractivity contribution is -0.160. The van der Waals surface area contributed by atoms with Crippen molar-refractivity contribution in [2.75, 3.05) is 13.1 Å². The number of hydrogen-bond acceptors (Lipinski definition) is 3. The number of nitrogens with one attached hydrogen (secondary N) is 1. The Bertz CT molecular complexity index is 405. The second kappa shape index (κ2) is 6.51. The Morgan fingerprint density at radius 2 is 2.16 bits per heavy atom. The maximum Gasteiger partial charge on any atom is 0.399 e. The van der Waals surface area contributed by atoms with Crippen molar-refractivity contribution in [1.82, 2.24) is 9.88 Å². The smallest absolute Gasteiger partial charge is 0.387 e. The number of nitrogens with zero attached hydrogens (tertiary/aromatic N) is 2. The van der Waals surface area contributed by atoms with Gasteiger partial charge in [0.25, 0.3) is 0 Å². The molecule has 0 fully saturated rings. The second-order valence-electron chi connectivity index (χ2n) is 4.20. The van der Waals surface area contributed by atoms with Gasteiger partial charge in [0.2, 0.25) is 0 Å². The van der Waals surface area contributed by atoms with E-state index in [0.29, 0.717) is 18.8 Å². The molecule has 3 N–H and O–H groups in total. The summed E-state index contributed by atoms with van der Waals surface area (Å²) in [6.45, 7) is 2.16. The minimum absolute atomic E-state index is 0.303. The van der Waals surface area contributed by atoms with Gasteiger partial charge in [0.15, 0.2) is 0 Å². The normalized spacial score (nSPS) is 13.5. The highest BCUT2D eigenvalue weighted by Gasteiger charge is 2.42. The van der Waals surface area contributed by atoms with Gasteiger partial charge in [-0.3, -0.25) is 15.3 Å². The number of hydrogen-bond donors (Lipinski definition) is 2. The topological polar surface area (TPSA) is 66.0 Å². The van der Waals surface area contributed by atoms with Crippen LogP contribution in [0.25, 0.3) is 0 Å². The standard InChI is InChI=1S/C12H17F3N4/c1-2-19(7-9-5-3-4-6-18-9)8-10(11(16)17)12(13,14)15/h3-6,10H,2,7-8H2,1H3,(H3,16,17). The SMILES string of the molecule is CCN(Cc1ccccn1)CC(C(=N)N)C(F)(F)F. The molecule has 0 aromatic carbocycles. The first-order valence-electron chi connectivity index (χ1n) is 5.87. The van der Waals surface area contributed by atoms with E-state index in [4.69, 9.17) is 11.1 Å². The summed E-state index contributed by atoms with van der Waals surface area (Å²) < 4.78 is 38.2. The summed E-state index contributed by atoms with van der Waals surface area (Å²) in [7, 11) is 0. The molecule has 0 bridgehead atoms. The van der Waals surface area contributed by atoms with Crippen molar-refractivity contribution in [3.63, 3.8) is 0 Å². The van der Waals surface area contributed by atoms with Gasteiger partial charge >= 0.3 is 6.18 Å². The zero-order chi connectivity index (χ0) is 14.5. The summed E-state index contributed by atoms with van der Waals surface area (Å²) in [6, 6.07) is 5.27. The number of aromatic nitrogens is 1. The molecule has 1 heterocycles. The molecule has 0 aliphatic heterocycles. The van der Waals surface area contributed by atoms with E-state index in [1.807, 2.05) is 0 Å². The van der Waals surface area contributed by atoms with Gasteiger partial charge in [-0.2, -0.15) is 13.2 Å². The molecule has 0 spiro atoms. The lowest BCUT2D eigenvalue weighted by Crippen LogP contribution is -2.43. The third-order valence-electron chi connectivity index (χ3n) is 2.77. The van der Waals surface area contributed by atoms with Gasteiger partial charge < -0.3 is 5.73 Å². The minimum Gasteiger partial charge on any atom is -0.387 e. The van der Waals surface area contributed by atoms with Crippen LogP contribution in [-0.2, 0) is 6.54 Å². The molecule has 0 saturated carbocycles. The minimum atomic E-state index is -4.50. The van der Waals surface area contributed by atoms with E-state index in [-0.39, 0.29) is 6.54 Å². The molecule has 1 rings (SSSR count). The third kappa shape index (κ3) is 4.86. The van der Waals surface area contributed by atoms with Crippen molar-refractivity contribution in [3.05, 3.63) is 30.1 Å². The molecule has 1 aromatic rings. The van der Waals surface area contributed by atoms with Gasteiger partial charge in [0.1, 0.15) is 11.8 Å². The molecular formula is C12H17F3N4. The summed E-state index contributed by atoms with van der Waals surface area (Å²) in [4.78, 5) is 5.64. The molecule has 1 atom stereocenters. The number of nitrogens with two attached hydrogens (primary N) is 1. The third-order valence-corrected chi connectivity index (χ3v) is 2.77. The predicted octanol–water partition coefficient (Wildman–Crippen LogP) is 2.02. The zero-order valence-electron chi connectivity index (χ0n) is 10.6. The van der Waals surface area contributed by atoms with Crippen LogP contribution in [0.15, 0.2) is 24.4 Å². The Morgan fingerprint density at radius 3 is 2.58 bits per heavy atom. The molecule has 1 unspecified atom stereocenters. The molecule has 0 saturated heterocycles. The van der Waals surface area contributed by atoms with E-state index in [1.54, 1.807) is 36.2 Å². The molecule has 0 aliphatic rings. The molecule has 106 valence electrons. The van der Waals surface area contributed by atoms with Crippen LogP contribution in [0.1, 0.15) is 12.6 Å². The average molecular weight is 274 g/mol. The predicted molar refractivity (Wildman–Crippen MR) is 66.6 cm³/mol. The van der Waals surface area contributed by atoms with E-state index in [0.717, 1.165) is 0 Å². The van der Waals surface area contributed by atoms with E-state index in [2.05, 4.69) is 4.98 Å². The molecule has 7 heteroatoms. The van der Waals surface area contributed by atoms with E-state index < -0.39 is 17.9 Å². The maximum absolute atomic E-state index is 12.7. The van der Waals surface area contributed by atoms with Crippen LogP contribution >= 0.6 is 0 Å². The lowest BCUT2D eigenvalue weighted by Gasteiger charge is -2.26. The van der Waals surface area contributed by atoms with Crippen LogP contribution in [0.3, 0.4) is 0 Å². The molecule has 0 radical (unpaired) electrons. The fourth-order valence-electron chi connectivity index (χ4n) is 1.66. The second-order valence-corrected chi connectivity index (χ2v) is 4.20. The van der Waals surface area contributed by atoms with Crippen molar-refractivity contribution in [3.8, 4) is 0 Å². The van der Waals surface area contributed by atoms with Gasteiger partial charge in [-0.05, 0) is 18.7 Å². The summed E-state index contributed by atoms with van der Waals surface area (Å²) in [6.07, 6.45) is -2.90. The summed E-state index contributed by atoms with van der Waals surface area (Å²) >= 11 is 0. The lowest BCUT2D eigenvalue weighted by atomic mass is 10.1. The monoisotopic (exact) mass is 274 g/mol. The van der Waals surface area contributed by atoms with Crippen LogP contribution in [0.2, 0.25) is 0 Å². The van der Waals surface area contributed by atoms with Crippen LogP contribution in [-0.4, -0.2) is 35.0 Å². The Balaban J connectivity index is 2.73. The van der Waals surface area contributed by atoms with Gasteiger partial charge in [-0.1, -0.05) is 13.0 Å². The highest BCUT2D eigenvalue weighted by molar-refractivity contribution is 5.80. The van der Waals surface area contributed by atoms with Crippen LogP contribution in [0.5, 0.6) is 0 Å². The van der Waals surface area contributed by atoms with Crippen molar-refractivity contribution in [2.45, 2.75) is 19.6 Å². The number of alkyl halides is 3. The van der Waals surface area contributed by atoms with Gasteiger partial charge in [0, 0.05) is 19.3 Å². The van der Waals surface area contributed by atoms with E-state index in [9.17, 15) is 13.2 Å². The molecule has 0 amide bonds. The van der Waals surface area contributed by atoms with Crippen LogP contribution in [0.4, 0.5) is 13.2 Å². The average Bonchev–Trinajstić information content (AvgIpc) is 2.33. The van der Waals surface area contributed by atoms with Crippen molar-refractivity contribution < 1.29 is 13.2 Å². The number of halogens is 3. The fraction of sp³-hybridized carbons (Fsp3) is 0.500. The maximum atomic E-state index is 12.7. The first kappa shape index (κ1) is 15.4. The highest BCUT2D eigenvalue weighted by atomic mass is 19.4.